The van der Waals surface area contributed by atoms with Gasteiger partial charge in [0.05, 0.1) is 7.11 Å². The van der Waals surface area contributed by atoms with Crippen molar-refractivity contribution in [2.45, 2.75) is 45.9 Å². The molecule has 3 rings (SSSR count). The third kappa shape index (κ3) is 7.25. The zero-order chi connectivity index (χ0) is 27.8. The van der Waals surface area contributed by atoms with Crippen molar-refractivity contribution >= 4 is 29.1 Å². The SMILES string of the molecule is COc1ccnc(C(=S)N[C@@H](C)C(=O)O[C@@H](C)[C@H](Oc2ccccc2)c2ccc(F)cc2C)c1OC(C)=O. The molecular weight excluding hydrogens is 511 g/mol. The number of aromatic nitrogens is 1. The number of nitrogens with one attached hydrogen (secondary N) is 1. The Hall–Kier alpha value is -4.05. The number of nitrogens with zero attached hydrogens (tertiary/aromatic N) is 1. The van der Waals surface area contributed by atoms with E-state index in [0.717, 1.165) is 0 Å². The van der Waals surface area contributed by atoms with Crippen molar-refractivity contribution in [3.63, 3.8) is 0 Å². The number of carbonyl (C=O) groups is 2. The first-order valence-corrected chi connectivity index (χ1v) is 12.2. The summed E-state index contributed by atoms with van der Waals surface area (Å²) in [4.78, 5) is 28.9. The van der Waals surface area contributed by atoms with Gasteiger partial charge in [-0.3, -0.25) is 4.79 Å². The molecule has 3 atom stereocenters. The van der Waals surface area contributed by atoms with E-state index in [9.17, 15) is 14.0 Å². The topological polar surface area (TPSA) is 96.0 Å². The highest BCUT2D eigenvalue weighted by molar-refractivity contribution is 7.80. The van der Waals surface area contributed by atoms with Gasteiger partial charge in [-0.05, 0) is 56.2 Å². The molecule has 0 radical (unpaired) electrons. The Labute approximate surface area is 226 Å². The number of halogens is 1. The van der Waals surface area contributed by atoms with Crippen LogP contribution in [0.4, 0.5) is 4.39 Å². The molecule has 1 N–H and O–H groups in total. The minimum atomic E-state index is -0.894. The Morgan fingerprint density at radius 2 is 1.79 bits per heavy atom. The molecule has 0 saturated carbocycles. The van der Waals surface area contributed by atoms with Crippen molar-refractivity contribution in [1.29, 1.82) is 0 Å². The number of para-hydroxylation sites is 1. The van der Waals surface area contributed by atoms with Gasteiger partial charge < -0.3 is 24.3 Å². The molecule has 0 fully saturated rings. The van der Waals surface area contributed by atoms with Crippen LogP contribution < -0.4 is 19.5 Å². The van der Waals surface area contributed by atoms with Crippen molar-refractivity contribution in [1.82, 2.24) is 10.3 Å². The highest BCUT2D eigenvalue weighted by atomic mass is 32.1. The zero-order valence-electron chi connectivity index (χ0n) is 21.7. The summed E-state index contributed by atoms with van der Waals surface area (Å²) in [5.74, 6) is -0.704. The van der Waals surface area contributed by atoms with Gasteiger partial charge in [-0.1, -0.05) is 36.5 Å². The molecule has 0 saturated heterocycles. The summed E-state index contributed by atoms with van der Waals surface area (Å²) in [6, 6.07) is 14.0. The van der Waals surface area contributed by atoms with Gasteiger partial charge in [0, 0.05) is 19.2 Å². The second-order valence-electron chi connectivity index (χ2n) is 8.47. The van der Waals surface area contributed by atoms with Gasteiger partial charge in [0.1, 0.15) is 34.4 Å². The molecule has 200 valence electrons. The van der Waals surface area contributed by atoms with Crippen LogP contribution in [-0.4, -0.2) is 41.2 Å². The smallest absolute Gasteiger partial charge is 0.328 e. The molecule has 8 nitrogen and oxygen atoms in total. The number of methoxy groups -OCH3 is 1. The average molecular weight is 541 g/mol. The van der Waals surface area contributed by atoms with Crippen LogP contribution in [0.1, 0.15) is 43.7 Å². The van der Waals surface area contributed by atoms with Gasteiger partial charge >= 0.3 is 11.9 Å². The highest BCUT2D eigenvalue weighted by Crippen LogP contribution is 2.31. The standard InChI is InChI=1S/C28H29FN2O6S/c1-16-15-20(29)11-12-22(16)25(37-21-9-7-6-8-10-21)18(3)35-28(33)17(2)31-27(38)24-26(36-19(4)32)23(34-5)13-14-30-24/h6-15,17-18,25H,1-5H3,(H,31,38)/t17-,18-,25-/m0/s1. The maximum absolute atomic E-state index is 13.8. The second kappa shape index (κ2) is 13.0. The fourth-order valence-electron chi connectivity index (χ4n) is 3.68. The number of rotatable bonds is 10. The molecule has 10 heteroatoms. The molecule has 0 aliphatic carbocycles. The number of pyridine rings is 1. The average Bonchev–Trinajstić information content (AvgIpc) is 2.87. The van der Waals surface area contributed by atoms with Crippen LogP contribution in [0.5, 0.6) is 17.2 Å². The van der Waals surface area contributed by atoms with Crippen LogP contribution in [0.3, 0.4) is 0 Å². The molecule has 0 aliphatic rings. The number of benzene rings is 2. The third-order valence-corrected chi connectivity index (χ3v) is 5.83. The molecule has 0 amide bonds. The van der Waals surface area contributed by atoms with Gasteiger partial charge in [0.25, 0.3) is 0 Å². The maximum Gasteiger partial charge on any atom is 0.328 e. The first kappa shape index (κ1) is 28.5. The van der Waals surface area contributed by atoms with E-state index in [1.54, 1.807) is 39.0 Å². The van der Waals surface area contributed by atoms with Crippen LogP contribution in [0.15, 0.2) is 60.8 Å². The van der Waals surface area contributed by atoms with E-state index in [1.807, 2.05) is 18.2 Å². The number of hydrogen-bond donors (Lipinski definition) is 1. The Morgan fingerprint density at radius 3 is 2.42 bits per heavy atom. The predicted octanol–water partition coefficient (Wildman–Crippen LogP) is 4.87. The lowest BCUT2D eigenvalue weighted by Gasteiger charge is -2.28. The van der Waals surface area contributed by atoms with Crippen molar-refractivity contribution in [2.24, 2.45) is 0 Å². The molecule has 0 bridgehead atoms. The summed E-state index contributed by atoms with van der Waals surface area (Å²) in [6.07, 6.45) is -0.0236. The normalized spacial score (nSPS) is 13.0. The van der Waals surface area contributed by atoms with Crippen LogP contribution in [0.2, 0.25) is 0 Å². The molecule has 2 aromatic carbocycles. The first-order chi connectivity index (χ1) is 18.1. The fourth-order valence-corrected chi connectivity index (χ4v) is 4.00. The number of esters is 2. The molecule has 0 aliphatic heterocycles. The van der Waals surface area contributed by atoms with Crippen molar-refractivity contribution in [2.75, 3.05) is 7.11 Å². The second-order valence-corrected chi connectivity index (χ2v) is 8.88. The summed E-state index contributed by atoms with van der Waals surface area (Å²) < 4.78 is 36.2. The minimum Gasteiger partial charge on any atom is -0.493 e. The fraction of sp³-hybridized carbons (Fsp3) is 0.286. The van der Waals surface area contributed by atoms with Gasteiger partial charge in [-0.25, -0.2) is 14.2 Å². The van der Waals surface area contributed by atoms with Crippen molar-refractivity contribution in [3.8, 4) is 17.2 Å². The Morgan fingerprint density at radius 1 is 1.08 bits per heavy atom. The van der Waals surface area contributed by atoms with Crippen LogP contribution in [-0.2, 0) is 14.3 Å². The van der Waals surface area contributed by atoms with E-state index in [2.05, 4.69) is 10.3 Å². The molecular formula is C28H29FN2O6S. The Bertz CT molecular complexity index is 1300. The monoisotopic (exact) mass is 540 g/mol. The summed E-state index contributed by atoms with van der Waals surface area (Å²) >= 11 is 5.43. The van der Waals surface area contributed by atoms with Crippen LogP contribution >= 0.6 is 12.2 Å². The van der Waals surface area contributed by atoms with Crippen molar-refractivity contribution < 1.29 is 32.9 Å². The molecule has 38 heavy (non-hydrogen) atoms. The highest BCUT2D eigenvalue weighted by Gasteiger charge is 2.29. The maximum atomic E-state index is 13.8. The number of aryl methyl sites for hydroxylation is 1. The summed E-state index contributed by atoms with van der Waals surface area (Å²) in [5, 5.41) is 2.87. The van der Waals surface area contributed by atoms with E-state index in [1.165, 1.54) is 38.4 Å². The molecule has 1 heterocycles. The summed E-state index contributed by atoms with van der Waals surface area (Å²) in [6.45, 7) is 6.27. The quantitative estimate of drug-likeness (QED) is 0.285. The lowest BCUT2D eigenvalue weighted by atomic mass is 9.99. The van der Waals surface area contributed by atoms with Crippen molar-refractivity contribution in [3.05, 3.63) is 83.4 Å². The molecule has 3 aromatic rings. The molecule has 1 aromatic heterocycles. The van der Waals surface area contributed by atoms with Gasteiger partial charge in [-0.15, -0.1) is 0 Å². The number of carbonyl (C=O) groups excluding carboxylic acids is 2. The van der Waals surface area contributed by atoms with E-state index in [0.29, 0.717) is 16.9 Å². The van der Waals surface area contributed by atoms with E-state index in [-0.39, 0.29) is 28.0 Å². The number of ether oxygens (including phenoxy) is 4. The van der Waals surface area contributed by atoms with Gasteiger partial charge in [0.15, 0.2) is 11.9 Å². The van der Waals surface area contributed by atoms with E-state index >= 15 is 0 Å². The Kier molecular flexibility index (Phi) is 9.72. The Balaban J connectivity index is 1.77. The van der Waals surface area contributed by atoms with Crippen LogP contribution in [0.25, 0.3) is 0 Å². The molecule has 0 unspecified atom stereocenters. The first-order valence-electron chi connectivity index (χ1n) is 11.8. The van der Waals surface area contributed by atoms with E-state index < -0.39 is 30.2 Å². The predicted molar refractivity (Wildman–Crippen MR) is 143 cm³/mol. The number of thiocarbonyl (C=S) groups is 1. The van der Waals surface area contributed by atoms with Crippen LogP contribution in [0, 0.1) is 12.7 Å². The van der Waals surface area contributed by atoms with Gasteiger partial charge in [-0.2, -0.15) is 0 Å². The van der Waals surface area contributed by atoms with E-state index in [4.69, 9.17) is 31.2 Å². The lowest BCUT2D eigenvalue weighted by molar-refractivity contribution is -0.154. The summed E-state index contributed by atoms with van der Waals surface area (Å²) in [7, 11) is 1.42. The molecule has 0 spiro atoms. The number of hydrogen-bond acceptors (Lipinski definition) is 8. The largest absolute Gasteiger partial charge is 0.493 e. The minimum absolute atomic E-state index is 0.0389. The third-order valence-electron chi connectivity index (χ3n) is 5.52. The zero-order valence-corrected chi connectivity index (χ0v) is 22.5. The summed E-state index contributed by atoms with van der Waals surface area (Å²) in [5.41, 5.74) is 1.47. The lowest BCUT2D eigenvalue weighted by Crippen LogP contribution is -2.41. The van der Waals surface area contributed by atoms with Gasteiger partial charge in [0.2, 0.25) is 5.75 Å².